The van der Waals surface area contributed by atoms with Gasteiger partial charge in [-0.1, -0.05) is 0 Å². The van der Waals surface area contributed by atoms with Crippen molar-refractivity contribution in [1.29, 1.82) is 0 Å². The summed E-state index contributed by atoms with van der Waals surface area (Å²) in [7, 11) is 0. The predicted octanol–water partition coefficient (Wildman–Crippen LogP) is -1.22. The van der Waals surface area contributed by atoms with E-state index in [1.165, 1.54) is 10.9 Å². The normalized spacial score (nSPS) is 30.2. The standard InChI is InChI=1S/C10H12BrN5O4/c11-10-15-4-7(12)13-2-14-8(4)16(10)9-6(19)5(18)3(1-17)20-9/h2-3,5-6,9,17-19H,1H2,(H2,12,13,14)/t3-,5-,6+,9+/m1/s1. The third kappa shape index (κ3) is 1.88. The average Bonchev–Trinajstić information content (AvgIpc) is 2.90. The van der Waals surface area contributed by atoms with Gasteiger partial charge in [-0.2, -0.15) is 0 Å². The molecule has 20 heavy (non-hydrogen) atoms. The molecule has 1 aliphatic heterocycles. The Kier molecular flexibility index (Phi) is 3.34. The van der Waals surface area contributed by atoms with E-state index >= 15 is 0 Å². The Balaban J connectivity index is 2.11. The summed E-state index contributed by atoms with van der Waals surface area (Å²) >= 11 is 3.24. The molecule has 0 amide bonds. The van der Waals surface area contributed by atoms with Crippen molar-refractivity contribution in [2.24, 2.45) is 0 Å². The topological polar surface area (TPSA) is 140 Å². The van der Waals surface area contributed by atoms with Gasteiger partial charge in [0.15, 0.2) is 27.9 Å². The molecule has 4 atom stereocenters. The van der Waals surface area contributed by atoms with E-state index < -0.39 is 31.1 Å². The number of rotatable bonds is 2. The van der Waals surface area contributed by atoms with Gasteiger partial charge in [0.1, 0.15) is 24.6 Å². The first-order valence-electron chi connectivity index (χ1n) is 5.81. The minimum Gasteiger partial charge on any atom is -0.394 e. The molecule has 1 fully saturated rings. The Hall–Kier alpha value is -1.33. The van der Waals surface area contributed by atoms with Crippen molar-refractivity contribution in [2.45, 2.75) is 24.5 Å². The smallest absolute Gasteiger partial charge is 0.181 e. The molecule has 1 saturated heterocycles. The number of hydrogen-bond acceptors (Lipinski definition) is 8. The Morgan fingerprint density at radius 2 is 2.10 bits per heavy atom. The van der Waals surface area contributed by atoms with Crippen LogP contribution in [-0.4, -0.2) is 59.8 Å². The van der Waals surface area contributed by atoms with Crippen LogP contribution in [0.5, 0.6) is 0 Å². The number of aliphatic hydroxyl groups is 3. The maximum Gasteiger partial charge on any atom is 0.181 e. The largest absolute Gasteiger partial charge is 0.394 e. The maximum absolute atomic E-state index is 10.1. The van der Waals surface area contributed by atoms with Crippen LogP contribution >= 0.6 is 15.9 Å². The summed E-state index contributed by atoms with van der Waals surface area (Å²) < 4.78 is 7.23. The molecule has 0 aromatic carbocycles. The Bertz CT molecular complexity index is 650. The van der Waals surface area contributed by atoms with E-state index in [4.69, 9.17) is 15.6 Å². The van der Waals surface area contributed by atoms with Gasteiger partial charge in [0.05, 0.1) is 6.61 Å². The summed E-state index contributed by atoms with van der Waals surface area (Å²) in [5.74, 6) is 0.196. The van der Waals surface area contributed by atoms with Crippen LogP contribution in [0.1, 0.15) is 6.23 Å². The highest BCUT2D eigenvalue weighted by atomic mass is 79.9. The SMILES string of the molecule is Nc1ncnc2c1nc(Br)n2[C@H]1O[C@H](CO)[C@@H](O)[C@@H]1O. The van der Waals surface area contributed by atoms with Crippen LogP contribution in [0.4, 0.5) is 5.82 Å². The van der Waals surface area contributed by atoms with Crippen molar-refractivity contribution in [1.82, 2.24) is 19.5 Å². The van der Waals surface area contributed by atoms with Gasteiger partial charge in [0.25, 0.3) is 0 Å². The summed E-state index contributed by atoms with van der Waals surface area (Å²) in [4.78, 5) is 12.1. The average molecular weight is 346 g/mol. The molecule has 2 aromatic heterocycles. The van der Waals surface area contributed by atoms with Crippen LogP contribution in [0.15, 0.2) is 11.1 Å². The highest BCUT2D eigenvalue weighted by Crippen LogP contribution is 2.34. The fraction of sp³-hybridized carbons (Fsp3) is 0.500. The number of nitrogen functional groups attached to an aromatic ring is 1. The van der Waals surface area contributed by atoms with Gasteiger partial charge < -0.3 is 25.8 Å². The lowest BCUT2D eigenvalue weighted by atomic mass is 10.1. The quantitative estimate of drug-likeness (QED) is 0.496. The molecule has 0 unspecified atom stereocenters. The first-order chi connectivity index (χ1) is 9.54. The second-order valence-corrected chi connectivity index (χ2v) is 5.12. The molecular weight excluding hydrogens is 334 g/mol. The lowest BCUT2D eigenvalue weighted by Crippen LogP contribution is -2.33. The second-order valence-electron chi connectivity index (χ2n) is 4.41. The van der Waals surface area contributed by atoms with Crippen molar-refractivity contribution in [2.75, 3.05) is 12.3 Å². The molecule has 0 bridgehead atoms. The minimum absolute atomic E-state index is 0.196. The molecule has 0 aliphatic carbocycles. The maximum atomic E-state index is 10.1. The number of halogens is 1. The number of hydrogen-bond donors (Lipinski definition) is 4. The molecule has 3 heterocycles. The van der Waals surface area contributed by atoms with E-state index in [1.54, 1.807) is 0 Å². The molecular formula is C10H12BrN5O4. The van der Waals surface area contributed by atoms with Crippen LogP contribution in [-0.2, 0) is 4.74 Å². The molecule has 1 aliphatic rings. The Morgan fingerprint density at radius 3 is 2.75 bits per heavy atom. The second kappa shape index (κ2) is 4.90. The van der Waals surface area contributed by atoms with Gasteiger partial charge in [-0.25, -0.2) is 15.0 Å². The summed E-state index contributed by atoms with van der Waals surface area (Å²) in [6.45, 7) is -0.407. The molecule has 0 spiro atoms. The monoisotopic (exact) mass is 345 g/mol. The van der Waals surface area contributed by atoms with Gasteiger partial charge in [-0.3, -0.25) is 4.57 Å². The first kappa shape index (κ1) is 13.6. The third-order valence-electron chi connectivity index (χ3n) is 3.23. The molecule has 108 valence electrons. The van der Waals surface area contributed by atoms with Gasteiger partial charge in [-0.05, 0) is 15.9 Å². The minimum atomic E-state index is -1.22. The lowest BCUT2D eigenvalue weighted by Gasteiger charge is -2.17. The van der Waals surface area contributed by atoms with Gasteiger partial charge in [0.2, 0.25) is 0 Å². The lowest BCUT2D eigenvalue weighted by molar-refractivity contribution is -0.0521. The number of nitrogens with zero attached hydrogens (tertiary/aromatic N) is 4. The number of fused-ring (bicyclic) bond motifs is 1. The number of aromatic nitrogens is 4. The van der Waals surface area contributed by atoms with Gasteiger partial charge in [-0.15, -0.1) is 0 Å². The third-order valence-corrected chi connectivity index (χ3v) is 3.79. The van der Waals surface area contributed by atoms with E-state index in [0.29, 0.717) is 15.9 Å². The van der Waals surface area contributed by atoms with Crippen molar-refractivity contribution < 1.29 is 20.1 Å². The summed E-state index contributed by atoms with van der Waals surface area (Å²) in [5.41, 5.74) is 6.43. The van der Waals surface area contributed by atoms with Crippen LogP contribution in [0.25, 0.3) is 11.2 Å². The molecule has 0 saturated carbocycles. The number of anilines is 1. The van der Waals surface area contributed by atoms with E-state index in [0.717, 1.165) is 0 Å². The molecule has 0 radical (unpaired) electrons. The zero-order chi connectivity index (χ0) is 14.4. The van der Waals surface area contributed by atoms with E-state index in [2.05, 4.69) is 30.9 Å². The zero-order valence-corrected chi connectivity index (χ0v) is 11.7. The summed E-state index contributed by atoms with van der Waals surface area (Å²) in [6, 6.07) is 0. The highest BCUT2D eigenvalue weighted by molar-refractivity contribution is 9.10. The Labute approximate surface area is 121 Å². The van der Waals surface area contributed by atoms with Crippen LogP contribution in [0, 0.1) is 0 Å². The van der Waals surface area contributed by atoms with Crippen LogP contribution < -0.4 is 5.73 Å². The first-order valence-corrected chi connectivity index (χ1v) is 6.60. The van der Waals surface area contributed by atoms with Crippen molar-refractivity contribution in [3.63, 3.8) is 0 Å². The Morgan fingerprint density at radius 1 is 1.35 bits per heavy atom. The molecule has 3 rings (SSSR count). The van der Waals surface area contributed by atoms with E-state index in [1.807, 2.05) is 0 Å². The van der Waals surface area contributed by atoms with Crippen molar-refractivity contribution >= 4 is 32.9 Å². The van der Waals surface area contributed by atoms with Gasteiger partial charge >= 0.3 is 0 Å². The number of nitrogens with two attached hydrogens (primary N) is 1. The molecule has 2 aromatic rings. The molecule has 9 nitrogen and oxygen atoms in total. The van der Waals surface area contributed by atoms with Crippen molar-refractivity contribution in [3.05, 3.63) is 11.1 Å². The molecule has 5 N–H and O–H groups in total. The molecule has 10 heteroatoms. The van der Waals surface area contributed by atoms with Gasteiger partial charge in [0, 0.05) is 0 Å². The van der Waals surface area contributed by atoms with E-state index in [-0.39, 0.29) is 5.82 Å². The fourth-order valence-corrected chi connectivity index (χ4v) is 2.77. The van der Waals surface area contributed by atoms with Crippen LogP contribution in [0.2, 0.25) is 0 Å². The number of ether oxygens (including phenoxy) is 1. The fourth-order valence-electron chi connectivity index (χ4n) is 2.22. The summed E-state index contributed by atoms with van der Waals surface area (Å²) in [5, 5.41) is 29.0. The number of imidazole rings is 1. The highest BCUT2D eigenvalue weighted by Gasteiger charge is 2.44. The van der Waals surface area contributed by atoms with E-state index in [9.17, 15) is 10.2 Å². The van der Waals surface area contributed by atoms with Crippen LogP contribution in [0.3, 0.4) is 0 Å². The number of aliphatic hydroxyl groups excluding tert-OH is 3. The van der Waals surface area contributed by atoms with Crippen molar-refractivity contribution in [3.8, 4) is 0 Å². The predicted molar refractivity (Wildman–Crippen MR) is 70.4 cm³/mol. The zero-order valence-electron chi connectivity index (χ0n) is 10.1. The summed E-state index contributed by atoms with van der Waals surface area (Å²) in [6.07, 6.45) is -2.97.